The number of para-hydroxylation sites is 1. The summed E-state index contributed by atoms with van der Waals surface area (Å²) in [6, 6.07) is 8.17. The molecule has 0 saturated heterocycles. The van der Waals surface area contributed by atoms with Gasteiger partial charge in [0.15, 0.2) is 0 Å². The molecule has 0 aliphatic carbocycles. The molecule has 0 spiro atoms. The van der Waals surface area contributed by atoms with Crippen LogP contribution in [0, 0.1) is 0 Å². The summed E-state index contributed by atoms with van der Waals surface area (Å²) in [4.78, 5) is 4.29. The number of rotatable bonds is 11. The lowest BCUT2D eigenvalue weighted by atomic mass is 9.88. The Hall–Kier alpha value is -3.42. The predicted molar refractivity (Wildman–Crippen MR) is 115 cm³/mol. The molecule has 0 radical (unpaired) electrons. The molecule has 0 bridgehead atoms. The van der Waals surface area contributed by atoms with Gasteiger partial charge in [-0.15, -0.1) is 5.10 Å². The molecule has 3 aromatic rings. The van der Waals surface area contributed by atoms with E-state index in [1.54, 1.807) is 37.3 Å². The van der Waals surface area contributed by atoms with E-state index in [1.807, 2.05) is 0 Å². The van der Waals surface area contributed by atoms with Gasteiger partial charge in [0, 0.05) is 18.4 Å². The molecule has 0 aliphatic heterocycles. The summed E-state index contributed by atoms with van der Waals surface area (Å²) >= 11 is 0. The van der Waals surface area contributed by atoms with E-state index in [9.17, 15) is 74.6 Å². The number of halogens is 17. The third-order valence-corrected chi connectivity index (χ3v) is 6.41. The van der Waals surface area contributed by atoms with Crippen LogP contribution in [0.2, 0.25) is 0 Å². The summed E-state index contributed by atoms with van der Waals surface area (Å²) in [6.07, 6.45) is -9.37. The van der Waals surface area contributed by atoms with Crippen molar-refractivity contribution in [3.8, 4) is 11.4 Å². The van der Waals surface area contributed by atoms with Gasteiger partial charge in [0.25, 0.3) is 0 Å². The SMILES string of the molecule is CCc1cc2ccccc2nc1-c1cn(CCC(F)(F)C(F)(F)C(F)(F)C(F)(F)C(F)(F)C(F)(F)C(F)(F)C(F)(F)F)nn1. The summed E-state index contributed by atoms with van der Waals surface area (Å²) in [7, 11) is 0. The van der Waals surface area contributed by atoms with E-state index < -0.39 is 60.6 Å². The van der Waals surface area contributed by atoms with Gasteiger partial charge in [-0.2, -0.15) is 74.6 Å². The van der Waals surface area contributed by atoms with Crippen molar-refractivity contribution in [2.45, 2.75) is 73.9 Å². The zero-order valence-corrected chi connectivity index (χ0v) is 21.3. The van der Waals surface area contributed by atoms with Crippen LogP contribution < -0.4 is 0 Å². The number of aromatic nitrogens is 4. The lowest BCUT2D eigenvalue weighted by molar-refractivity contribution is -0.461. The second kappa shape index (κ2) is 10.6. The Morgan fingerprint density at radius 2 is 1.16 bits per heavy atom. The fourth-order valence-electron chi connectivity index (χ4n) is 3.78. The van der Waals surface area contributed by atoms with E-state index in [-0.39, 0.29) is 11.4 Å². The second-order valence-electron chi connectivity index (χ2n) is 9.31. The van der Waals surface area contributed by atoms with Crippen LogP contribution >= 0.6 is 0 Å². The third kappa shape index (κ3) is 5.08. The van der Waals surface area contributed by atoms with Crippen molar-refractivity contribution in [1.29, 1.82) is 0 Å². The maximum atomic E-state index is 14.2. The van der Waals surface area contributed by atoms with Crippen LogP contribution in [-0.2, 0) is 13.0 Å². The first-order valence-electron chi connectivity index (χ1n) is 11.7. The minimum absolute atomic E-state index is 0.0968. The van der Waals surface area contributed by atoms with Crippen LogP contribution in [0.3, 0.4) is 0 Å². The van der Waals surface area contributed by atoms with Gasteiger partial charge in [-0.3, -0.25) is 4.68 Å². The topological polar surface area (TPSA) is 43.6 Å². The first-order valence-corrected chi connectivity index (χ1v) is 11.7. The van der Waals surface area contributed by atoms with Crippen molar-refractivity contribution < 1.29 is 74.6 Å². The molecule has 0 amide bonds. The Morgan fingerprint density at radius 1 is 0.659 bits per heavy atom. The molecule has 0 N–H and O–H groups in total. The van der Waals surface area contributed by atoms with Crippen molar-refractivity contribution in [1.82, 2.24) is 20.0 Å². The van der Waals surface area contributed by atoms with Gasteiger partial charge in [0.1, 0.15) is 5.69 Å². The van der Waals surface area contributed by atoms with E-state index in [0.29, 0.717) is 27.6 Å². The summed E-state index contributed by atoms with van der Waals surface area (Å²) in [5.74, 6) is -56.6. The van der Waals surface area contributed by atoms with Crippen molar-refractivity contribution in [2.75, 3.05) is 0 Å². The van der Waals surface area contributed by atoms with Crippen molar-refractivity contribution >= 4 is 10.9 Å². The Kier molecular flexibility index (Phi) is 8.44. The summed E-state index contributed by atoms with van der Waals surface area (Å²) < 4.78 is 229. The Morgan fingerprint density at radius 3 is 1.68 bits per heavy atom. The van der Waals surface area contributed by atoms with E-state index in [4.69, 9.17) is 0 Å². The molecule has 2 aromatic heterocycles. The van der Waals surface area contributed by atoms with E-state index in [2.05, 4.69) is 15.3 Å². The molecule has 0 atom stereocenters. The minimum atomic E-state index is -8.66. The van der Waals surface area contributed by atoms with Gasteiger partial charge < -0.3 is 0 Å². The van der Waals surface area contributed by atoms with Crippen molar-refractivity contribution in [3.05, 3.63) is 42.1 Å². The lowest BCUT2D eigenvalue weighted by Crippen LogP contribution is -2.74. The first-order chi connectivity index (χ1) is 19.7. The second-order valence-corrected chi connectivity index (χ2v) is 9.31. The summed E-state index contributed by atoms with van der Waals surface area (Å²) in [5, 5.41) is 7.49. The average molecular weight is 670 g/mol. The monoisotopic (exact) mass is 670 g/mol. The molecule has 2 heterocycles. The molecule has 44 heavy (non-hydrogen) atoms. The normalized spacial score (nSPS) is 14.9. The maximum absolute atomic E-state index is 14.2. The highest BCUT2D eigenvalue weighted by Crippen LogP contribution is 2.64. The van der Waals surface area contributed by atoms with Crippen LogP contribution in [0.25, 0.3) is 22.3 Å². The smallest absolute Gasteiger partial charge is 0.252 e. The highest BCUT2D eigenvalue weighted by atomic mass is 19.4. The standard InChI is InChI=1S/C23H15F17N4/c1-2-11-9-12-5-3-4-6-13(12)41-15(11)14-10-44(43-42-14)8-7-16(24,25)17(26,27)18(28,29)19(30,31)20(32,33)21(34,35)22(36,37)23(38,39)40/h3-6,9-10H,2,7-8H2,1H3. The van der Waals surface area contributed by atoms with Gasteiger partial charge in [-0.25, -0.2) is 4.98 Å². The van der Waals surface area contributed by atoms with Gasteiger partial charge in [-0.1, -0.05) is 30.3 Å². The number of benzene rings is 1. The van der Waals surface area contributed by atoms with Crippen LogP contribution in [0.4, 0.5) is 74.6 Å². The number of hydrogen-bond acceptors (Lipinski definition) is 3. The van der Waals surface area contributed by atoms with Crippen LogP contribution in [0.15, 0.2) is 36.5 Å². The van der Waals surface area contributed by atoms with E-state index in [0.717, 1.165) is 6.20 Å². The van der Waals surface area contributed by atoms with E-state index >= 15 is 0 Å². The van der Waals surface area contributed by atoms with Crippen molar-refractivity contribution in [3.63, 3.8) is 0 Å². The fourth-order valence-corrected chi connectivity index (χ4v) is 3.78. The first kappa shape index (κ1) is 35.1. The number of hydrogen-bond donors (Lipinski definition) is 0. The number of pyridine rings is 1. The Balaban J connectivity index is 1.91. The highest BCUT2D eigenvalue weighted by molar-refractivity contribution is 5.82. The lowest BCUT2D eigenvalue weighted by Gasteiger charge is -2.42. The van der Waals surface area contributed by atoms with Crippen molar-refractivity contribution in [2.24, 2.45) is 0 Å². The molecule has 0 aliphatic rings. The Labute approximate surface area is 233 Å². The number of aryl methyl sites for hydroxylation is 2. The Bertz CT molecular complexity index is 1490. The zero-order chi connectivity index (χ0) is 33.9. The maximum Gasteiger partial charge on any atom is 0.460 e. The van der Waals surface area contributed by atoms with Gasteiger partial charge in [-0.05, 0) is 24.1 Å². The predicted octanol–water partition coefficient (Wildman–Crippen LogP) is 8.46. The van der Waals surface area contributed by atoms with Gasteiger partial charge >= 0.3 is 47.6 Å². The molecule has 0 unspecified atom stereocenters. The number of fused-ring (bicyclic) bond motifs is 1. The zero-order valence-electron chi connectivity index (χ0n) is 21.3. The van der Waals surface area contributed by atoms with Crippen LogP contribution in [-0.4, -0.2) is 67.6 Å². The van der Waals surface area contributed by atoms with Crippen LogP contribution in [0.1, 0.15) is 18.9 Å². The summed E-state index contributed by atoms with van der Waals surface area (Å²) in [6.45, 7) is 0.0763. The molecule has 21 heteroatoms. The molecule has 3 rings (SSSR count). The van der Waals surface area contributed by atoms with Crippen LogP contribution in [0.5, 0.6) is 0 Å². The average Bonchev–Trinajstić information content (AvgIpc) is 3.38. The molecular weight excluding hydrogens is 655 g/mol. The molecule has 1 aromatic carbocycles. The van der Waals surface area contributed by atoms with E-state index in [1.165, 1.54) is 0 Å². The molecule has 0 fully saturated rings. The number of alkyl halides is 17. The molecule has 4 nitrogen and oxygen atoms in total. The molecular formula is C23H15F17N4. The largest absolute Gasteiger partial charge is 0.460 e. The molecule has 0 saturated carbocycles. The number of nitrogens with zero attached hydrogens (tertiary/aromatic N) is 4. The minimum Gasteiger partial charge on any atom is -0.252 e. The highest BCUT2D eigenvalue weighted by Gasteiger charge is 2.95. The van der Waals surface area contributed by atoms with Gasteiger partial charge in [0.05, 0.1) is 17.4 Å². The quantitative estimate of drug-likeness (QED) is 0.193. The third-order valence-electron chi connectivity index (χ3n) is 6.41. The molecule has 246 valence electrons. The fraction of sp³-hybridized carbons (Fsp3) is 0.522. The summed E-state index contributed by atoms with van der Waals surface area (Å²) in [5.41, 5.74) is 0.814. The van der Waals surface area contributed by atoms with Gasteiger partial charge in [0.2, 0.25) is 0 Å².